The molecule has 1 saturated heterocycles. The van der Waals surface area contributed by atoms with Crippen molar-refractivity contribution in [3.63, 3.8) is 0 Å². The van der Waals surface area contributed by atoms with Crippen molar-refractivity contribution < 1.29 is 9.59 Å². The summed E-state index contributed by atoms with van der Waals surface area (Å²) in [6.07, 6.45) is 2.41. The standard InChI is InChI=1S/C13H14N4O3/c18-10-4-7-15(8-5-10)12(19)9-17-13(20)16-6-2-1-3-11(16)14-17/h1-3,6H,4-5,7-9H2. The van der Waals surface area contributed by atoms with Crippen molar-refractivity contribution in [3.05, 3.63) is 34.9 Å². The van der Waals surface area contributed by atoms with Crippen LogP contribution in [0.2, 0.25) is 0 Å². The number of Topliss-reactive ketones (excluding diaryl/α,β-unsaturated/α-hetero) is 1. The van der Waals surface area contributed by atoms with Gasteiger partial charge in [0.05, 0.1) is 0 Å². The Hall–Kier alpha value is -2.44. The highest BCUT2D eigenvalue weighted by atomic mass is 16.2. The second-order valence-electron chi connectivity index (χ2n) is 4.79. The lowest BCUT2D eigenvalue weighted by Gasteiger charge is -2.25. The van der Waals surface area contributed by atoms with Crippen LogP contribution in [0.25, 0.3) is 5.65 Å². The summed E-state index contributed by atoms with van der Waals surface area (Å²) in [5, 5.41) is 4.11. The van der Waals surface area contributed by atoms with Gasteiger partial charge in [-0.15, -0.1) is 5.10 Å². The Labute approximate surface area is 114 Å². The minimum absolute atomic E-state index is 0.0886. The molecular weight excluding hydrogens is 260 g/mol. The largest absolute Gasteiger partial charge is 0.350 e. The van der Waals surface area contributed by atoms with Gasteiger partial charge in [0.15, 0.2) is 5.65 Å². The van der Waals surface area contributed by atoms with Crippen molar-refractivity contribution in [2.24, 2.45) is 0 Å². The van der Waals surface area contributed by atoms with E-state index in [-0.39, 0.29) is 23.9 Å². The highest BCUT2D eigenvalue weighted by Gasteiger charge is 2.22. The summed E-state index contributed by atoms with van der Waals surface area (Å²) in [6.45, 7) is 0.772. The number of ketones is 1. The number of pyridine rings is 1. The Morgan fingerprint density at radius 3 is 2.65 bits per heavy atom. The topological polar surface area (TPSA) is 76.7 Å². The lowest BCUT2D eigenvalue weighted by atomic mass is 10.1. The molecule has 7 nitrogen and oxygen atoms in total. The quantitative estimate of drug-likeness (QED) is 0.752. The van der Waals surface area contributed by atoms with Gasteiger partial charge in [-0.1, -0.05) is 6.07 Å². The van der Waals surface area contributed by atoms with Gasteiger partial charge in [0, 0.05) is 32.1 Å². The van der Waals surface area contributed by atoms with Crippen molar-refractivity contribution in [1.29, 1.82) is 0 Å². The van der Waals surface area contributed by atoms with Crippen LogP contribution in [0.5, 0.6) is 0 Å². The van der Waals surface area contributed by atoms with Crippen LogP contribution >= 0.6 is 0 Å². The molecular formula is C13H14N4O3. The predicted octanol–water partition coefficient (Wildman–Crippen LogP) is -0.313. The Morgan fingerprint density at radius 2 is 1.95 bits per heavy atom. The normalized spacial score (nSPS) is 15.8. The zero-order valence-corrected chi connectivity index (χ0v) is 10.9. The number of carbonyl (C=O) groups excluding carboxylic acids is 2. The number of piperidine rings is 1. The lowest BCUT2D eigenvalue weighted by molar-refractivity contribution is -0.135. The van der Waals surface area contributed by atoms with Crippen LogP contribution in [0.4, 0.5) is 0 Å². The predicted molar refractivity (Wildman–Crippen MR) is 70.3 cm³/mol. The molecule has 1 fully saturated rings. The fourth-order valence-corrected chi connectivity index (χ4v) is 2.30. The van der Waals surface area contributed by atoms with Crippen LogP contribution in [0, 0.1) is 0 Å². The van der Waals surface area contributed by atoms with E-state index in [1.54, 1.807) is 29.3 Å². The molecule has 0 bridgehead atoms. The third kappa shape index (κ3) is 2.22. The van der Waals surface area contributed by atoms with Gasteiger partial charge >= 0.3 is 5.69 Å². The Balaban J connectivity index is 1.79. The molecule has 0 aliphatic carbocycles. The molecule has 0 atom stereocenters. The Kier molecular flexibility index (Phi) is 3.09. The minimum Gasteiger partial charge on any atom is -0.340 e. The minimum atomic E-state index is -0.331. The molecule has 2 aromatic heterocycles. The maximum absolute atomic E-state index is 12.1. The molecule has 3 heterocycles. The zero-order chi connectivity index (χ0) is 14.1. The number of carbonyl (C=O) groups is 2. The van der Waals surface area contributed by atoms with Crippen LogP contribution in [0.15, 0.2) is 29.2 Å². The molecule has 0 spiro atoms. The van der Waals surface area contributed by atoms with Crippen LogP contribution in [-0.2, 0) is 16.1 Å². The van der Waals surface area contributed by atoms with E-state index in [1.807, 2.05) is 0 Å². The highest BCUT2D eigenvalue weighted by Crippen LogP contribution is 2.06. The van der Waals surface area contributed by atoms with Crippen molar-refractivity contribution in [3.8, 4) is 0 Å². The summed E-state index contributed by atoms with van der Waals surface area (Å²) in [4.78, 5) is 36.9. The number of hydrogen-bond acceptors (Lipinski definition) is 4. The van der Waals surface area contributed by atoms with Crippen LogP contribution < -0.4 is 5.69 Å². The van der Waals surface area contributed by atoms with E-state index in [0.29, 0.717) is 31.6 Å². The molecule has 3 rings (SSSR count). The van der Waals surface area contributed by atoms with E-state index in [1.165, 1.54) is 4.40 Å². The number of hydrogen-bond donors (Lipinski definition) is 0. The Morgan fingerprint density at radius 1 is 1.20 bits per heavy atom. The maximum Gasteiger partial charge on any atom is 0.350 e. The third-order valence-corrected chi connectivity index (χ3v) is 3.45. The molecule has 2 aromatic rings. The summed E-state index contributed by atoms with van der Waals surface area (Å²) in [5.74, 6) is 0.00181. The summed E-state index contributed by atoms with van der Waals surface area (Å²) in [6, 6.07) is 5.23. The van der Waals surface area contributed by atoms with Crippen LogP contribution in [-0.4, -0.2) is 43.9 Å². The monoisotopic (exact) mass is 274 g/mol. The SMILES string of the molecule is O=C1CCN(C(=O)Cn2nc3ccccn3c2=O)CC1. The number of likely N-dealkylation sites (tertiary alicyclic amines) is 1. The van der Waals surface area contributed by atoms with Gasteiger partial charge < -0.3 is 4.90 Å². The number of fused-ring (bicyclic) bond motifs is 1. The van der Waals surface area contributed by atoms with Gasteiger partial charge in [0.2, 0.25) is 5.91 Å². The molecule has 0 unspecified atom stereocenters. The van der Waals surface area contributed by atoms with E-state index in [4.69, 9.17) is 0 Å². The molecule has 104 valence electrons. The van der Waals surface area contributed by atoms with Gasteiger partial charge in [-0.05, 0) is 12.1 Å². The maximum atomic E-state index is 12.1. The van der Waals surface area contributed by atoms with Gasteiger partial charge in [0.1, 0.15) is 12.3 Å². The van der Waals surface area contributed by atoms with Crippen molar-refractivity contribution >= 4 is 17.3 Å². The van der Waals surface area contributed by atoms with Gasteiger partial charge in [-0.3, -0.25) is 14.0 Å². The fourth-order valence-electron chi connectivity index (χ4n) is 2.30. The fraction of sp³-hybridized carbons (Fsp3) is 0.385. The summed E-state index contributed by atoms with van der Waals surface area (Å²) < 4.78 is 2.56. The number of rotatable bonds is 2. The highest BCUT2D eigenvalue weighted by molar-refractivity contribution is 5.83. The number of nitrogens with zero attached hydrogens (tertiary/aromatic N) is 4. The molecule has 7 heteroatoms. The molecule has 0 aromatic carbocycles. The van der Waals surface area contributed by atoms with Crippen molar-refractivity contribution in [1.82, 2.24) is 19.1 Å². The average molecular weight is 274 g/mol. The second kappa shape index (κ2) is 4.92. The second-order valence-corrected chi connectivity index (χ2v) is 4.79. The third-order valence-electron chi connectivity index (χ3n) is 3.45. The van der Waals surface area contributed by atoms with Gasteiger partial charge in [-0.25, -0.2) is 9.48 Å². The molecule has 1 aliphatic rings. The van der Waals surface area contributed by atoms with E-state index in [2.05, 4.69) is 5.10 Å². The molecule has 1 aliphatic heterocycles. The van der Waals surface area contributed by atoms with E-state index in [0.717, 1.165) is 4.68 Å². The van der Waals surface area contributed by atoms with Gasteiger partial charge in [0.25, 0.3) is 0 Å². The lowest BCUT2D eigenvalue weighted by Crippen LogP contribution is -2.41. The molecule has 1 amide bonds. The molecule has 0 saturated carbocycles. The van der Waals surface area contributed by atoms with Crippen molar-refractivity contribution in [2.75, 3.05) is 13.1 Å². The first-order valence-corrected chi connectivity index (χ1v) is 6.49. The first kappa shape index (κ1) is 12.6. The van der Waals surface area contributed by atoms with E-state index >= 15 is 0 Å². The summed E-state index contributed by atoms with van der Waals surface area (Å²) in [7, 11) is 0. The number of aromatic nitrogens is 3. The van der Waals surface area contributed by atoms with Crippen LogP contribution in [0.3, 0.4) is 0 Å². The number of amides is 1. The smallest absolute Gasteiger partial charge is 0.340 e. The summed E-state index contributed by atoms with van der Waals surface area (Å²) >= 11 is 0. The zero-order valence-electron chi connectivity index (χ0n) is 10.9. The molecule has 0 radical (unpaired) electrons. The first-order valence-electron chi connectivity index (χ1n) is 6.49. The van der Waals surface area contributed by atoms with Crippen LogP contribution in [0.1, 0.15) is 12.8 Å². The molecule has 20 heavy (non-hydrogen) atoms. The Bertz CT molecular complexity index is 721. The van der Waals surface area contributed by atoms with E-state index < -0.39 is 0 Å². The average Bonchev–Trinajstić information content (AvgIpc) is 2.77. The first-order chi connectivity index (χ1) is 9.65. The summed E-state index contributed by atoms with van der Waals surface area (Å²) in [5.41, 5.74) is 0.182. The molecule has 0 N–H and O–H groups in total. The van der Waals surface area contributed by atoms with Gasteiger partial charge in [-0.2, -0.15) is 0 Å². The van der Waals surface area contributed by atoms with Crippen molar-refractivity contribution in [2.45, 2.75) is 19.4 Å². The van der Waals surface area contributed by atoms with E-state index in [9.17, 15) is 14.4 Å².